The van der Waals surface area contributed by atoms with Gasteiger partial charge >= 0.3 is 0 Å². The van der Waals surface area contributed by atoms with Gasteiger partial charge in [0.15, 0.2) is 11.6 Å². The Morgan fingerprint density at radius 2 is 2.38 bits per heavy atom. The van der Waals surface area contributed by atoms with Gasteiger partial charge in [-0.2, -0.15) is 5.10 Å². The molecule has 2 N–H and O–H groups in total. The third-order valence-electron chi connectivity index (χ3n) is 2.18. The summed E-state index contributed by atoms with van der Waals surface area (Å²) in [5.74, 6) is 1.31. The van der Waals surface area contributed by atoms with Crippen molar-refractivity contribution >= 4 is 11.7 Å². The van der Waals surface area contributed by atoms with E-state index >= 15 is 0 Å². The highest BCUT2D eigenvalue weighted by molar-refractivity contribution is 6.01. The second-order valence-corrected chi connectivity index (χ2v) is 3.51. The van der Waals surface area contributed by atoms with E-state index in [1.807, 2.05) is 13.8 Å². The maximum absolute atomic E-state index is 11.7. The number of carbonyl (C=O) groups is 1. The topological polar surface area (TPSA) is 70.9 Å². The fourth-order valence-electron chi connectivity index (χ4n) is 1.35. The maximum Gasteiger partial charge on any atom is 0.292 e. The molecule has 2 rings (SSSR count). The van der Waals surface area contributed by atoms with Gasteiger partial charge in [0.05, 0.1) is 0 Å². The third-order valence-corrected chi connectivity index (χ3v) is 2.18. The number of rotatable bonds is 3. The number of carbonyl (C=O) groups excluding carboxylic acids is 1. The number of nitrogens with one attached hydrogen (secondary N) is 2. The molecule has 2 heterocycles. The minimum absolute atomic E-state index is 0.286. The number of H-pyrrole nitrogens is 1. The molecule has 1 amide bonds. The van der Waals surface area contributed by atoms with Crippen molar-refractivity contribution in [3.05, 3.63) is 35.4 Å². The number of anilines is 1. The second-order valence-electron chi connectivity index (χ2n) is 3.51. The molecule has 2 aromatic heterocycles. The van der Waals surface area contributed by atoms with E-state index in [0.717, 1.165) is 17.9 Å². The van der Waals surface area contributed by atoms with E-state index in [1.165, 1.54) is 0 Å². The number of aromatic amines is 1. The van der Waals surface area contributed by atoms with Crippen molar-refractivity contribution in [1.82, 2.24) is 10.2 Å². The van der Waals surface area contributed by atoms with Crippen LogP contribution in [0.15, 0.2) is 22.6 Å². The molecule has 84 valence electrons. The van der Waals surface area contributed by atoms with E-state index < -0.39 is 0 Å². The molecular weight excluding hydrogens is 206 g/mol. The zero-order valence-electron chi connectivity index (χ0n) is 9.20. The summed E-state index contributed by atoms with van der Waals surface area (Å²) in [4.78, 5) is 11.7. The number of aryl methyl sites for hydroxylation is 2. The van der Waals surface area contributed by atoms with Gasteiger partial charge in [-0.05, 0) is 19.1 Å². The van der Waals surface area contributed by atoms with Crippen LogP contribution in [0.25, 0.3) is 0 Å². The normalized spacial score (nSPS) is 10.4. The molecule has 16 heavy (non-hydrogen) atoms. The highest BCUT2D eigenvalue weighted by Crippen LogP contribution is 2.11. The van der Waals surface area contributed by atoms with Gasteiger partial charge in [-0.15, -0.1) is 0 Å². The monoisotopic (exact) mass is 219 g/mol. The molecule has 0 aromatic carbocycles. The molecule has 0 fully saturated rings. The maximum atomic E-state index is 11.7. The molecule has 5 nitrogen and oxygen atoms in total. The lowest BCUT2D eigenvalue weighted by Crippen LogP contribution is -2.11. The molecular formula is C11H13N3O2. The zero-order valence-corrected chi connectivity index (χ0v) is 9.20. The Bertz CT molecular complexity index is 499. The predicted molar refractivity (Wildman–Crippen MR) is 59.4 cm³/mol. The molecule has 0 aliphatic rings. The van der Waals surface area contributed by atoms with Crippen LogP contribution in [-0.4, -0.2) is 16.1 Å². The van der Waals surface area contributed by atoms with Gasteiger partial charge in [0.1, 0.15) is 5.76 Å². The van der Waals surface area contributed by atoms with Gasteiger partial charge in [-0.25, -0.2) is 0 Å². The standard InChI is InChI=1S/C11H13N3O2/c1-3-8-4-5-9(16-8)11(15)12-10-6-7(2)13-14-10/h4-6H,3H2,1-2H3,(H2,12,13,14,15). The Morgan fingerprint density at radius 3 is 2.94 bits per heavy atom. The average Bonchev–Trinajstić information content (AvgIpc) is 2.87. The van der Waals surface area contributed by atoms with Crippen LogP contribution in [0, 0.1) is 6.92 Å². The largest absolute Gasteiger partial charge is 0.456 e. The summed E-state index contributed by atoms with van der Waals surface area (Å²) in [5.41, 5.74) is 0.893. The fourth-order valence-corrected chi connectivity index (χ4v) is 1.35. The summed E-state index contributed by atoms with van der Waals surface area (Å²) < 4.78 is 5.32. The van der Waals surface area contributed by atoms with Crippen LogP contribution in [0.4, 0.5) is 5.82 Å². The van der Waals surface area contributed by atoms with Crippen LogP contribution >= 0.6 is 0 Å². The lowest BCUT2D eigenvalue weighted by molar-refractivity contribution is 0.0994. The predicted octanol–water partition coefficient (Wildman–Crippen LogP) is 2.13. The molecule has 5 heteroatoms. The summed E-state index contributed by atoms with van der Waals surface area (Å²) in [7, 11) is 0. The summed E-state index contributed by atoms with van der Waals surface area (Å²) in [6, 6.07) is 5.21. The van der Waals surface area contributed by atoms with Crippen LogP contribution in [0.3, 0.4) is 0 Å². The number of hydrogen-bond acceptors (Lipinski definition) is 3. The highest BCUT2D eigenvalue weighted by Gasteiger charge is 2.11. The Hall–Kier alpha value is -2.04. The number of aromatic nitrogens is 2. The van der Waals surface area contributed by atoms with Crippen molar-refractivity contribution in [2.75, 3.05) is 5.32 Å². The molecule has 0 saturated heterocycles. The van der Waals surface area contributed by atoms with Crippen LogP contribution in [-0.2, 0) is 6.42 Å². The summed E-state index contributed by atoms with van der Waals surface area (Å²) in [6.45, 7) is 3.84. The molecule has 0 spiro atoms. The van der Waals surface area contributed by atoms with Crippen LogP contribution in [0.5, 0.6) is 0 Å². The molecule has 0 bridgehead atoms. The first kappa shape index (κ1) is 10.5. The summed E-state index contributed by atoms with van der Waals surface area (Å²) in [6.07, 6.45) is 0.773. The molecule has 0 radical (unpaired) electrons. The van der Waals surface area contributed by atoms with Gasteiger partial charge in [-0.3, -0.25) is 9.89 Å². The van der Waals surface area contributed by atoms with Crippen molar-refractivity contribution < 1.29 is 9.21 Å². The molecule has 0 saturated carbocycles. The second kappa shape index (κ2) is 4.22. The number of hydrogen-bond donors (Lipinski definition) is 2. The van der Waals surface area contributed by atoms with Gasteiger partial charge < -0.3 is 9.73 Å². The Morgan fingerprint density at radius 1 is 1.56 bits per heavy atom. The summed E-state index contributed by atoms with van der Waals surface area (Å²) in [5, 5.41) is 9.30. The van der Waals surface area contributed by atoms with Crippen LogP contribution < -0.4 is 5.32 Å². The van der Waals surface area contributed by atoms with E-state index in [0.29, 0.717) is 11.6 Å². The minimum atomic E-state index is -0.286. The van der Waals surface area contributed by atoms with Gasteiger partial charge in [-0.1, -0.05) is 6.92 Å². The highest BCUT2D eigenvalue weighted by atomic mass is 16.3. The van der Waals surface area contributed by atoms with E-state index in [4.69, 9.17) is 4.42 Å². The SMILES string of the molecule is CCc1ccc(C(=O)Nc2cc(C)[nH]n2)o1. The lowest BCUT2D eigenvalue weighted by Gasteiger charge is -1.97. The van der Waals surface area contributed by atoms with Crippen molar-refractivity contribution in [2.45, 2.75) is 20.3 Å². The molecule has 0 aliphatic carbocycles. The van der Waals surface area contributed by atoms with Crippen LogP contribution in [0.1, 0.15) is 28.9 Å². The smallest absolute Gasteiger partial charge is 0.292 e. The van der Waals surface area contributed by atoms with E-state index in [1.54, 1.807) is 18.2 Å². The fraction of sp³-hybridized carbons (Fsp3) is 0.273. The van der Waals surface area contributed by atoms with E-state index in [9.17, 15) is 4.79 Å². The van der Waals surface area contributed by atoms with E-state index in [2.05, 4.69) is 15.5 Å². The molecule has 0 atom stereocenters. The van der Waals surface area contributed by atoms with Gasteiger partial charge in [0.2, 0.25) is 0 Å². The van der Waals surface area contributed by atoms with Crippen molar-refractivity contribution in [2.24, 2.45) is 0 Å². The molecule has 0 unspecified atom stereocenters. The Balaban J connectivity index is 2.08. The molecule has 0 aliphatic heterocycles. The van der Waals surface area contributed by atoms with Crippen molar-refractivity contribution in [3.63, 3.8) is 0 Å². The average molecular weight is 219 g/mol. The Labute approximate surface area is 92.9 Å². The molecule has 2 aromatic rings. The summed E-state index contributed by atoms with van der Waals surface area (Å²) >= 11 is 0. The number of furan rings is 1. The third kappa shape index (κ3) is 2.13. The van der Waals surface area contributed by atoms with Gasteiger partial charge in [0, 0.05) is 18.2 Å². The van der Waals surface area contributed by atoms with Gasteiger partial charge in [0.25, 0.3) is 5.91 Å². The first-order chi connectivity index (χ1) is 7.69. The zero-order chi connectivity index (χ0) is 11.5. The van der Waals surface area contributed by atoms with E-state index in [-0.39, 0.29) is 5.91 Å². The quantitative estimate of drug-likeness (QED) is 0.830. The number of nitrogens with zero attached hydrogens (tertiary/aromatic N) is 1. The van der Waals surface area contributed by atoms with Crippen molar-refractivity contribution in [1.29, 1.82) is 0 Å². The van der Waals surface area contributed by atoms with Crippen LogP contribution in [0.2, 0.25) is 0 Å². The first-order valence-corrected chi connectivity index (χ1v) is 5.11. The van der Waals surface area contributed by atoms with Crippen molar-refractivity contribution in [3.8, 4) is 0 Å². The first-order valence-electron chi connectivity index (χ1n) is 5.11. The minimum Gasteiger partial charge on any atom is -0.456 e. The lowest BCUT2D eigenvalue weighted by atomic mass is 10.3. The number of amides is 1. The Kier molecular flexibility index (Phi) is 2.76.